The average Bonchev–Trinajstić information content (AvgIpc) is 3.17. The summed E-state index contributed by atoms with van der Waals surface area (Å²) >= 11 is 0. The Bertz CT molecular complexity index is 1060. The van der Waals surface area contributed by atoms with Crippen LogP contribution in [0.15, 0.2) is 43.0 Å². The fraction of sp³-hybridized carbons (Fsp3) is 0.294. The van der Waals surface area contributed by atoms with Crippen molar-refractivity contribution in [3.8, 4) is 0 Å². The van der Waals surface area contributed by atoms with Gasteiger partial charge in [0.1, 0.15) is 11.3 Å². The number of fused-ring (bicyclic) bond motifs is 2. The fourth-order valence-electron chi connectivity index (χ4n) is 3.34. The standard InChI is InChI=1S/C17H18N8/c1-12-9-14-17(19-6-7-24(14)20-12)22(2)13-10-23(11-13)16-4-3-15-18-5-8-25(15)21-16/h3-9,13H,10-11H2,1-2H3. The third-order valence-electron chi connectivity index (χ3n) is 4.80. The first kappa shape index (κ1) is 14.2. The first-order valence-electron chi connectivity index (χ1n) is 8.28. The number of rotatable bonds is 3. The summed E-state index contributed by atoms with van der Waals surface area (Å²) in [5.41, 5.74) is 2.90. The van der Waals surface area contributed by atoms with Gasteiger partial charge >= 0.3 is 0 Å². The van der Waals surface area contributed by atoms with Crippen molar-refractivity contribution in [3.05, 3.63) is 48.7 Å². The van der Waals surface area contributed by atoms with Gasteiger partial charge in [-0.2, -0.15) is 5.10 Å². The van der Waals surface area contributed by atoms with Crippen LogP contribution in [0.25, 0.3) is 11.2 Å². The molecule has 1 aliphatic heterocycles. The van der Waals surface area contributed by atoms with Crippen LogP contribution in [0.1, 0.15) is 5.69 Å². The predicted molar refractivity (Wildman–Crippen MR) is 95.1 cm³/mol. The zero-order valence-electron chi connectivity index (χ0n) is 14.1. The first-order valence-corrected chi connectivity index (χ1v) is 8.28. The molecule has 0 unspecified atom stereocenters. The van der Waals surface area contributed by atoms with E-state index in [1.807, 2.05) is 40.5 Å². The van der Waals surface area contributed by atoms with Crippen LogP contribution in [0.4, 0.5) is 11.6 Å². The quantitative estimate of drug-likeness (QED) is 0.564. The van der Waals surface area contributed by atoms with Crippen molar-refractivity contribution in [2.75, 3.05) is 29.9 Å². The van der Waals surface area contributed by atoms with E-state index in [-0.39, 0.29) is 0 Å². The zero-order valence-corrected chi connectivity index (χ0v) is 14.1. The van der Waals surface area contributed by atoms with E-state index in [1.54, 1.807) is 12.4 Å². The van der Waals surface area contributed by atoms with Crippen LogP contribution in [-0.2, 0) is 0 Å². The van der Waals surface area contributed by atoms with Crippen LogP contribution in [0, 0.1) is 6.92 Å². The van der Waals surface area contributed by atoms with Gasteiger partial charge < -0.3 is 9.80 Å². The van der Waals surface area contributed by atoms with Gasteiger partial charge in [-0.05, 0) is 25.1 Å². The minimum Gasteiger partial charge on any atom is -0.351 e. The van der Waals surface area contributed by atoms with Gasteiger partial charge in [0.25, 0.3) is 0 Å². The van der Waals surface area contributed by atoms with Crippen LogP contribution >= 0.6 is 0 Å². The molecule has 126 valence electrons. The number of imidazole rings is 1. The molecular formula is C17H18N8. The van der Waals surface area contributed by atoms with Crippen LogP contribution in [0.3, 0.4) is 0 Å². The summed E-state index contributed by atoms with van der Waals surface area (Å²) in [5.74, 6) is 1.94. The summed E-state index contributed by atoms with van der Waals surface area (Å²) in [6.45, 7) is 3.83. The van der Waals surface area contributed by atoms with Gasteiger partial charge in [0.15, 0.2) is 11.5 Å². The Balaban J connectivity index is 1.37. The topological polar surface area (TPSA) is 66.9 Å². The molecule has 4 aromatic rings. The SMILES string of the molecule is Cc1cc2c(N(C)C3CN(c4ccc5nccn5n4)C3)nccn2n1. The second-order valence-corrected chi connectivity index (χ2v) is 6.46. The van der Waals surface area contributed by atoms with Gasteiger partial charge in [-0.25, -0.2) is 19.0 Å². The lowest BCUT2D eigenvalue weighted by Crippen LogP contribution is -2.59. The highest BCUT2D eigenvalue weighted by Crippen LogP contribution is 2.26. The summed E-state index contributed by atoms with van der Waals surface area (Å²) < 4.78 is 3.70. The van der Waals surface area contributed by atoms with Gasteiger partial charge in [-0.15, -0.1) is 5.10 Å². The van der Waals surface area contributed by atoms with Crippen LogP contribution in [0.2, 0.25) is 0 Å². The molecular weight excluding hydrogens is 316 g/mol. The van der Waals surface area contributed by atoms with Gasteiger partial charge in [0, 0.05) is 44.9 Å². The maximum absolute atomic E-state index is 4.61. The Morgan fingerprint density at radius 1 is 1.04 bits per heavy atom. The number of anilines is 2. The third-order valence-corrected chi connectivity index (χ3v) is 4.80. The highest BCUT2D eigenvalue weighted by molar-refractivity contribution is 5.69. The van der Waals surface area contributed by atoms with Crippen LogP contribution < -0.4 is 9.80 Å². The van der Waals surface area contributed by atoms with E-state index in [9.17, 15) is 0 Å². The van der Waals surface area contributed by atoms with Crippen molar-refractivity contribution in [1.82, 2.24) is 29.2 Å². The number of hydrogen-bond donors (Lipinski definition) is 0. The van der Waals surface area contributed by atoms with E-state index in [1.165, 1.54) is 0 Å². The number of aromatic nitrogens is 6. The Labute approximate surface area is 144 Å². The first-order chi connectivity index (χ1) is 12.2. The summed E-state index contributed by atoms with van der Waals surface area (Å²) in [6.07, 6.45) is 7.32. The van der Waals surface area contributed by atoms with Gasteiger partial charge in [-0.1, -0.05) is 0 Å². The van der Waals surface area contributed by atoms with Crippen molar-refractivity contribution < 1.29 is 0 Å². The summed E-state index contributed by atoms with van der Waals surface area (Å²) in [6, 6.07) is 6.49. The molecule has 8 heteroatoms. The maximum Gasteiger partial charge on any atom is 0.154 e. The van der Waals surface area contributed by atoms with Gasteiger partial charge in [0.05, 0.1) is 11.7 Å². The minimum absolute atomic E-state index is 0.397. The number of nitrogens with zero attached hydrogens (tertiary/aromatic N) is 8. The largest absolute Gasteiger partial charge is 0.351 e. The van der Waals surface area contributed by atoms with Crippen molar-refractivity contribution >= 4 is 22.8 Å². The van der Waals surface area contributed by atoms with Crippen molar-refractivity contribution in [2.24, 2.45) is 0 Å². The smallest absolute Gasteiger partial charge is 0.154 e. The molecule has 4 aromatic heterocycles. The van der Waals surface area contributed by atoms with E-state index in [0.717, 1.165) is 41.6 Å². The van der Waals surface area contributed by atoms with Crippen molar-refractivity contribution in [1.29, 1.82) is 0 Å². The van der Waals surface area contributed by atoms with Crippen molar-refractivity contribution in [3.63, 3.8) is 0 Å². The van der Waals surface area contributed by atoms with Crippen LogP contribution in [-0.4, -0.2) is 55.4 Å². The average molecular weight is 334 g/mol. The molecule has 0 radical (unpaired) electrons. The molecule has 25 heavy (non-hydrogen) atoms. The molecule has 1 aliphatic rings. The summed E-state index contributed by atoms with van der Waals surface area (Å²) in [7, 11) is 2.10. The molecule has 5 heterocycles. The van der Waals surface area contributed by atoms with E-state index in [0.29, 0.717) is 6.04 Å². The monoisotopic (exact) mass is 334 g/mol. The highest BCUT2D eigenvalue weighted by atomic mass is 15.4. The Kier molecular flexibility index (Phi) is 2.94. The molecule has 0 aliphatic carbocycles. The Morgan fingerprint density at radius 2 is 1.84 bits per heavy atom. The van der Waals surface area contributed by atoms with E-state index in [2.05, 4.69) is 43.1 Å². The van der Waals surface area contributed by atoms with E-state index in [4.69, 9.17) is 0 Å². The predicted octanol–water partition coefficient (Wildman–Crippen LogP) is 1.41. The van der Waals surface area contributed by atoms with Gasteiger partial charge in [-0.3, -0.25) is 0 Å². The number of likely N-dealkylation sites (N-methyl/N-ethyl adjacent to an activating group) is 1. The van der Waals surface area contributed by atoms with Crippen molar-refractivity contribution in [2.45, 2.75) is 13.0 Å². The molecule has 5 rings (SSSR count). The highest BCUT2D eigenvalue weighted by Gasteiger charge is 2.32. The molecule has 1 saturated heterocycles. The molecule has 0 spiro atoms. The molecule has 0 aromatic carbocycles. The zero-order chi connectivity index (χ0) is 17.0. The Hall–Kier alpha value is -3.16. The number of hydrogen-bond acceptors (Lipinski definition) is 6. The summed E-state index contributed by atoms with van der Waals surface area (Å²) in [5, 5.41) is 9.08. The fourth-order valence-corrected chi connectivity index (χ4v) is 3.34. The molecule has 0 N–H and O–H groups in total. The second-order valence-electron chi connectivity index (χ2n) is 6.46. The number of aryl methyl sites for hydroxylation is 1. The van der Waals surface area contributed by atoms with E-state index >= 15 is 0 Å². The summed E-state index contributed by atoms with van der Waals surface area (Å²) in [4.78, 5) is 13.3. The maximum atomic E-state index is 4.61. The second kappa shape index (κ2) is 5.17. The molecule has 0 saturated carbocycles. The molecule has 8 nitrogen and oxygen atoms in total. The lowest BCUT2D eigenvalue weighted by Gasteiger charge is -2.45. The lowest BCUT2D eigenvalue weighted by atomic mass is 10.1. The third kappa shape index (κ3) is 2.21. The molecule has 0 bridgehead atoms. The lowest BCUT2D eigenvalue weighted by molar-refractivity contribution is 0.487. The molecule has 0 atom stereocenters. The minimum atomic E-state index is 0.397. The molecule has 0 amide bonds. The Morgan fingerprint density at radius 3 is 2.72 bits per heavy atom. The van der Waals surface area contributed by atoms with E-state index < -0.39 is 0 Å². The van der Waals surface area contributed by atoms with Gasteiger partial charge in [0.2, 0.25) is 0 Å². The normalized spacial score (nSPS) is 15.0. The molecule has 1 fully saturated rings. The van der Waals surface area contributed by atoms with Crippen LogP contribution in [0.5, 0.6) is 0 Å².